The third kappa shape index (κ3) is 5.83. The molecule has 9 aromatic carbocycles. The van der Waals surface area contributed by atoms with Gasteiger partial charge in [-0.2, -0.15) is 0 Å². The van der Waals surface area contributed by atoms with Gasteiger partial charge in [0.2, 0.25) is 0 Å². The van der Waals surface area contributed by atoms with Crippen LogP contribution >= 0.6 is 22.7 Å². The van der Waals surface area contributed by atoms with E-state index in [4.69, 9.17) is 0 Å². The molecule has 0 N–H and O–H groups in total. The van der Waals surface area contributed by atoms with Crippen LogP contribution in [0.25, 0.3) is 84.9 Å². The zero-order valence-corrected chi connectivity index (χ0v) is 32.6. The minimum absolute atomic E-state index is 1.12. The van der Waals surface area contributed by atoms with Crippen molar-refractivity contribution in [2.45, 2.75) is 0 Å². The molecule has 0 spiro atoms. The summed E-state index contributed by atoms with van der Waals surface area (Å²) in [7, 11) is 0. The van der Waals surface area contributed by atoms with Crippen LogP contribution in [0.15, 0.2) is 212 Å². The number of rotatable bonds is 7. The molecular weight excluding hydrogens is 727 g/mol. The summed E-state index contributed by atoms with van der Waals surface area (Å²) < 4.78 is 5.15. The van der Waals surface area contributed by atoms with Gasteiger partial charge in [-0.3, -0.25) is 0 Å². The van der Waals surface area contributed by atoms with Crippen LogP contribution in [0.5, 0.6) is 0 Å². The average molecular weight is 762 g/mol. The first-order valence-electron chi connectivity index (χ1n) is 19.3. The maximum Gasteiger partial charge on any atom is 0.0555 e. The summed E-state index contributed by atoms with van der Waals surface area (Å²) >= 11 is 3.76. The molecule has 3 heteroatoms. The Morgan fingerprint density at radius 1 is 0.298 bits per heavy atom. The van der Waals surface area contributed by atoms with Crippen molar-refractivity contribution in [1.82, 2.24) is 0 Å². The first kappa shape index (κ1) is 33.5. The zero-order valence-electron chi connectivity index (χ0n) is 31.0. The number of fused-ring (bicyclic) bond motifs is 6. The highest BCUT2D eigenvalue weighted by Gasteiger charge is 2.24. The van der Waals surface area contributed by atoms with Gasteiger partial charge in [0.1, 0.15) is 0 Å². The molecule has 0 unspecified atom stereocenters. The largest absolute Gasteiger partial charge is 0.309 e. The Kier molecular flexibility index (Phi) is 8.28. The SMILES string of the molecule is c1ccc(-c2ccc3c(c2)sc2cccc(N(c4ccc(-c5ccccc5-c5ccccc5)cc4)c4ccc(-c5ccccc5)c5sc6ccccc6c45)c23)cc1. The van der Waals surface area contributed by atoms with E-state index in [9.17, 15) is 0 Å². The fourth-order valence-corrected chi connectivity index (χ4v) is 10.9. The van der Waals surface area contributed by atoms with Gasteiger partial charge in [0, 0.05) is 46.0 Å². The molecule has 0 aliphatic heterocycles. The Balaban J connectivity index is 1.16. The third-order valence-corrected chi connectivity index (χ3v) is 13.4. The van der Waals surface area contributed by atoms with Crippen LogP contribution in [0.1, 0.15) is 0 Å². The number of hydrogen-bond acceptors (Lipinski definition) is 3. The van der Waals surface area contributed by atoms with Gasteiger partial charge in [-0.05, 0) is 87.0 Å². The van der Waals surface area contributed by atoms with Crippen LogP contribution in [0.2, 0.25) is 0 Å². The maximum atomic E-state index is 2.52. The smallest absolute Gasteiger partial charge is 0.0555 e. The molecule has 0 aliphatic carbocycles. The summed E-state index contributed by atoms with van der Waals surface area (Å²) in [4.78, 5) is 2.52. The third-order valence-electron chi connectivity index (χ3n) is 11.1. The molecule has 57 heavy (non-hydrogen) atoms. The summed E-state index contributed by atoms with van der Waals surface area (Å²) in [5.41, 5.74) is 13.3. The van der Waals surface area contributed by atoms with E-state index in [0.717, 1.165) is 5.69 Å². The van der Waals surface area contributed by atoms with Gasteiger partial charge in [0.05, 0.1) is 11.4 Å². The van der Waals surface area contributed by atoms with Crippen LogP contribution in [0.4, 0.5) is 17.1 Å². The number of anilines is 3. The van der Waals surface area contributed by atoms with Gasteiger partial charge >= 0.3 is 0 Å². The fourth-order valence-electron chi connectivity index (χ4n) is 8.45. The Bertz CT molecular complexity index is 3220. The lowest BCUT2D eigenvalue weighted by atomic mass is 9.94. The fraction of sp³-hybridized carbons (Fsp3) is 0. The van der Waals surface area contributed by atoms with E-state index in [1.165, 1.54) is 96.2 Å². The quantitative estimate of drug-likeness (QED) is 0.156. The Hall–Kier alpha value is -6.78. The van der Waals surface area contributed by atoms with E-state index in [0.29, 0.717) is 0 Å². The Labute approximate surface area is 340 Å². The Morgan fingerprint density at radius 3 is 1.56 bits per heavy atom. The van der Waals surface area contributed by atoms with Crippen LogP contribution < -0.4 is 4.90 Å². The molecule has 0 atom stereocenters. The van der Waals surface area contributed by atoms with Gasteiger partial charge < -0.3 is 4.90 Å². The van der Waals surface area contributed by atoms with E-state index in [1.54, 1.807) is 0 Å². The van der Waals surface area contributed by atoms with E-state index < -0.39 is 0 Å². The normalized spacial score (nSPS) is 11.5. The van der Waals surface area contributed by atoms with E-state index >= 15 is 0 Å². The summed E-state index contributed by atoms with van der Waals surface area (Å²) in [6.45, 7) is 0. The molecule has 1 nitrogen and oxygen atoms in total. The van der Waals surface area contributed by atoms with Crippen molar-refractivity contribution in [2.75, 3.05) is 4.90 Å². The summed E-state index contributed by atoms with van der Waals surface area (Å²) in [6, 6.07) is 77.5. The highest BCUT2D eigenvalue weighted by molar-refractivity contribution is 7.26. The minimum Gasteiger partial charge on any atom is -0.309 e. The van der Waals surface area contributed by atoms with E-state index in [1.807, 2.05) is 22.7 Å². The van der Waals surface area contributed by atoms with Gasteiger partial charge in [-0.15, -0.1) is 22.7 Å². The van der Waals surface area contributed by atoms with Crippen molar-refractivity contribution < 1.29 is 0 Å². The van der Waals surface area contributed by atoms with Gasteiger partial charge in [0.25, 0.3) is 0 Å². The summed E-state index contributed by atoms with van der Waals surface area (Å²) in [5, 5.41) is 5.10. The van der Waals surface area contributed by atoms with Crippen molar-refractivity contribution in [3.63, 3.8) is 0 Å². The van der Waals surface area contributed by atoms with Gasteiger partial charge in [-0.25, -0.2) is 0 Å². The van der Waals surface area contributed by atoms with Crippen molar-refractivity contribution in [2.24, 2.45) is 0 Å². The predicted octanol–water partition coefficient (Wildman–Crippen LogP) is 16.6. The first-order valence-corrected chi connectivity index (χ1v) is 21.0. The molecule has 0 aliphatic rings. The monoisotopic (exact) mass is 761 g/mol. The second kappa shape index (κ2) is 14.1. The lowest BCUT2D eigenvalue weighted by Gasteiger charge is -2.28. The number of hydrogen-bond donors (Lipinski definition) is 0. The van der Waals surface area contributed by atoms with Crippen molar-refractivity contribution in [3.05, 3.63) is 212 Å². The highest BCUT2D eigenvalue weighted by atomic mass is 32.1. The molecule has 2 aromatic heterocycles. The highest BCUT2D eigenvalue weighted by Crippen LogP contribution is 2.51. The predicted molar refractivity (Wildman–Crippen MR) is 249 cm³/mol. The summed E-state index contributed by atoms with van der Waals surface area (Å²) in [6.07, 6.45) is 0. The van der Waals surface area contributed by atoms with Crippen molar-refractivity contribution >= 4 is 80.1 Å². The molecule has 0 amide bonds. The molecule has 2 heterocycles. The second-order valence-corrected chi connectivity index (χ2v) is 16.6. The number of thiophene rings is 2. The van der Waals surface area contributed by atoms with E-state index in [-0.39, 0.29) is 0 Å². The molecule has 0 saturated carbocycles. The molecule has 0 radical (unpaired) electrons. The second-order valence-electron chi connectivity index (χ2n) is 14.4. The van der Waals surface area contributed by atoms with Crippen LogP contribution in [-0.4, -0.2) is 0 Å². The van der Waals surface area contributed by atoms with Gasteiger partial charge in [0.15, 0.2) is 0 Å². The van der Waals surface area contributed by atoms with E-state index in [2.05, 4.69) is 217 Å². The van der Waals surface area contributed by atoms with Crippen LogP contribution in [-0.2, 0) is 0 Å². The van der Waals surface area contributed by atoms with Crippen molar-refractivity contribution in [3.8, 4) is 44.5 Å². The van der Waals surface area contributed by atoms with Crippen LogP contribution in [0.3, 0.4) is 0 Å². The zero-order chi connectivity index (χ0) is 37.7. The minimum atomic E-state index is 1.12. The molecule has 11 rings (SSSR count). The standard InChI is InChI=1S/C54H35NS2/c1-4-15-36(16-5-1)40-29-32-46-51(35-40)56-50-26-14-24-47(52(46)50)55(41-30-27-39(28-31-41)43-22-11-10-21-42(43)37-17-6-2-7-18-37)48-34-33-44(38-19-8-3-9-20-38)54-53(48)45-23-12-13-25-49(45)57-54/h1-35H. The lowest BCUT2D eigenvalue weighted by molar-refractivity contribution is 1.32. The lowest BCUT2D eigenvalue weighted by Crippen LogP contribution is -2.11. The molecule has 268 valence electrons. The maximum absolute atomic E-state index is 2.52. The first-order chi connectivity index (χ1) is 28.3. The molecular formula is C54H35NS2. The van der Waals surface area contributed by atoms with Gasteiger partial charge in [-0.1, -0.05) is 170 Å². The molecule has 0 saturated heterocycles. The average Bonchev–Trinajstić information content (AvgIpc) is 3.87. The number of nitrogens with zero attached hydrogens (tertiary/aromatic N) is 1. The number of benzene rings is 9. The topological polar surface area (TPSA) is 3.24 Å². The van der Waals surface area contributed by atoms with Crippen molar-refractivity contribution in [1.29, 1.82) is 0 Å². The molecule has 0 fully saturated rings. The van der Waals surface area contributed by atoms with Crippen LogP contribution in [0, 0.1) is 0 Å². The summed E-state index contributed by atoms with van der Waals surface area (Å²) in [5.74, 6) is 0. The Morgan fingerprint density at radius 2 is 0.842 bits per heavy atom. The molecule has 11 aromatic rings. The molecule has 0 bridgehead atoms.